The minimum absolute atomic E-state index is 0.0528. The van der Waals surface area contributed by atoms with Crippen molar-refractivity contribution in [2.45, 2.75) is 19.4 Å². The average Bonchev–Trinajstić information content (AvgIpc) is 3.04. The second kappa shape index (κ2) is 12.1. The van der Waals surface area contributed by atoms with E-state index in [1.165, 1.54) is 48.3 Å². The molecule has 236 valence electrons. The van der Waals surface area contributed by atoms with E-state index in [0.717, 1.165) is 16.8 Å². The smallest absolute Gasteiger partial charge is 0.335 e. The first-order chi connectivity index (χ1) is 22.0. The number of pyridine rings is 2. The van der Waals surface area contributed by atoms with E-state index < -0.39 is 40.8 Å². The molecule has 1 saturated heterocycles. The maximum Gasteiger partial charge on any atom is 0.335 e. The Kier molecular flexibility index (Phi) is 8.04. The third kappa shape index (κ3) is 5.47. The fourth-order valence-electron chi connectivity index (χ4n) is 5.77. The lowest BCUT2D eigenvalue weighted by Crippen LogP contribution is -2.43. The fourth-order valence-corrected chi connectivity index (χ4v) is 5.77. The molecule has 46 heavy (non-hydrogen) atoms. The van der Waals surface area contributed by atoms with Crippen molar-refractivity contribution in [3.8, 4) is 5.69 Å². The number of ether oxygens (including phenoxy) is 1. The summed E-state index contributed by atoms with van der Waals surface area (Å²) in [5.74, 6) is -3.89. The van der Waals surface area contributed by atoms with Gasteiger partial charge in [0.25, 0.3) is 11.5 Å². The van der Waals surface area contributed by atoms with Gasteiger partial charge in [-0.15, -0.1) is 0 Å². The van der Waals surface area contributed by atoms with Crippen molar-refractivity contribution >= 4 is 39.4 Å². The summed E-state index contributed by atoms with van der Waals surface area (Å²) in [7, 11) is 1.48. The van der Waals surface area contributed by atoms with Gasteiger partial charge in [0.2, 0.25) is 0 Å². The molecule has 3 aromatic heterocycles. The lowest BCUT2D eigenvalue weighted by Gasteiger charge is -2.29. The van der Waals surface area contributed by atoms with Crippen LogP contribution in [0.2, 0.25) is 0 Å². The summed E-state index contributed by atoms with van der Waals surface area (Å²) in [5, 5.41) is 12.8. The van der Waals surface area contributed by atoms with E-state index in [-0.39, 0.29) is 39.5 Å². The molecular formula is C32H28F2N6O6. The molecule has 0 spiro atoms. The first-order valence-electron chi connectivity index (χ1n) is 14.3. The number of aryl methyl sites for hydroxylation is 2. The first kappa shape index (κ1) is 30.5. The number of nitrogens with zero attached hydrogens (tertiary/aromatic N) is 5. The average molecular weight is 631 g/mol. The van der Waals surface area contributed by atoms with Gasteiger partial charge in [0, 0.05) is 43.8 Å². The lowest BCUT2D eigenvalue weighted by molar-refractivity contribution is -0.139. The van der Waals surface area contributed by atoms with Crippen LogP contribution in [0.1, 0.15) is 21.5 Å². The van der Waals surface area contributed by atoms with Crippen molar-refractivity contribution in [1.82, 2.24) is 24.4 Å². The number of rotatable bonds is 7. The Morgan fingerprint density at radius 3 is 2.54 bits per heavy atom. The van der Waals surface area contributed by atoms with Crippen molar-refractivity contribution in [3.63, 3.8) is 0 Å². The van der Waals surface area contributed by atoms with Crippen LogP contribution in [0.5, 0.6) is 0 Å². The van der Waals surface area contributed by atoms with Gasteiger partial charge in [-0.05, 0) is 48.4 Å². The maximum absolute atomic E-state index is 15.3. The number of aliphatic carboxylic acids is 1. The van der Waals surface area contributed by atoms with E-state index in [0.29, 0.717) is 43.1 Å². The molecule has 1 fully saturated rings. The van der Waals surface area contributed by atoms with E-state index in [1.54, 1.807) is 13.0 Å². The highest BCUT2D eigenvalue weighted by Gasteiger charge is 2.27. The predicted octanol–water partition coefficient (Wildman–Crippen LogP) is 2.48. The van der Waals surface area contributed by atoms with E-state index in [1.807, 2.05) is 4.90 Å². The summed E-state index contributed by atoms with van der Waals surface area (Å²) in [6.45, 7) is 3.68. The fraction of sp³-hybridized carbons (Fsp3) is 0.250. The molecule has 0 unspecified atom stereocenters. The van der Waals surface area contributed by atoms with Gasteiger partial charge >= 0.3 is 11.7 Å². The number of carboxylic acids is 1. The molecule has 1 aliphatic rings. The summed E-state index contributed by atoms with van der Waals surface area (Å²) in [4.78, 5) is 62.4. The Morgan fingerprint density at radius 1 is 1.07 bits per heavy atom. The number of anilines is 1. The third-order valence-corrected chi connectivity index (χ3v) is 8.10. The number of benzene rings is 2. The van der Waals surface area contributed by atoms with Crippen molar-refractivity contribution in [1.29, 1.82) is 0 Å². The molecule has 2 N–H and O–H groups in total. The SMILES string of the molecule is Cc1cc(N2CCOCC2)cc(F)c1C(=O)N[C@@H](Cc1ccc(-n2c(=O)c3ccncc3n(C)c2=O)c2ncc(F)cc12)C(=O)O. The Bertz CT molecular complexity index is 2140. The van der Waals surface area contributed by atoms with Crippen LogP contribution in [-0.4, -0.2) is 68.4 Å². The Labute approximate surface area is 259 Å². The molecule has 1 atom stereocenters. The number of aromatic nitrogens is 4. The molecule has 6 rings (SSSR count). The number of carbonyl (C=O) groups is 2. The molecule has 2 aromatic carbocycles. The van der Waals surface area contributed by atoms with E-state index in [2.05, 4.69) is 15.3 Å². The number of fused-ring (bicyclic) bond motifs is 2. The number of carboxylic acid groups (broad SMARTS) is 1. The molecule has 0 radical (unpaired) electrons. The second-order valence-electron chi connectivity index (χ2n) is 11.0. The molecule has 1 aliphatic heterocycles. The number of hydrogen-bond acceptors (Lipinski definition) is 8. The molecule has 0 bridgehead atoms. The van der Waals surface area contributed by atoms with E-state index >= 15 is 4.39 Å². The quantitative estimate of drug-likeness (QED) is 0.277. The van der Waals surface area contributed by atoms with Crippen LogP contribution in [0, 0.1) is 18.6 Å². The van der Waals surface area contributed by atoms with Gasteiger partial charge < -0.3 is 20.1 Å². The zero-order chi connectivity index (χ0) is 32.7. The summed E-state index contributed by atoms with van der Waals surface area (Å²) < 4.78 is 37.3. The van der Waals surface area contributed by atoms with Gasteiger partial charge in [0.05, 0.1) is 53.3 Å². The third-order valence-electron chi connectivity index (χ3n) is 8.10. The highest BCUT2D eigenvalue weighted by molar-refractivity contribution is 5.99. The van der Waals surface area contributed by atoms with E-state index in [4.69, 9.17) is 4.74 Å². The normalized spacial score (nSPS) is 14.0. The number of nitrogens with one attached hydrogen (secondary N) is 1. The lowest BCUT2D eigenvalue weighted by atomic mass is 9.99. The van der Waals surface area contributed by atoms with Crippen molar-refractivity contribution in [2.75, 3.05) is 31.2 Å². The van der Waals surface area contributed by atoms with Gasteiger partial charge in [-0.3, -0.25) is 24.1 Å². The number of amides is 1. The topological polar surface area (TPSA) is 149 Å². The van der Waals surface area contributed by atoms with E-state index in [9.17, 15) is 28.7 Å². The number of morpholine rings is 1. The first-order valence-corrected chi connectivity index (χ1v) is 14.3. The van der Waals surface area contributed by atoms with Gasteiger partial charge in [0.1, 0.15) is 17.7 Å². The van der Waals surface area contributed by atoms with Crippen molar-refractivity contribution < 1.29 is 28.2 Å². The van der Waals surface area contributed by atoms with Crippen molar-refractivity contribution in [2.24, 2.45) is 7.05 Å². The standard InChI is InChI=1S/C32H28F2N6O6/c1-17-11-20(39-7-9-46-10-8-39)14-23(34)27(17)29(41)37-24(31(43)44)12-18-3-4-25(28-22(18)13-19(33)15-36-28)40-30(42)21-5-6-35-16-26(21)38(2)32(40)45/h3-6,11,13-16,24H,7-10,12H2,1-2H3,(H,37,41)(H,43,44)/t24-/m0/s1. The molecule has 1 amide bonds. The predicted molar refractivity (Wildman–Crippen MR) is 165 cm³/mol. The van der Waals surface area contributed by atoms with Crippen molar-refractivity contribution in [3.05, 3.63) is 104 Å². The molecule has 0 aliphatic carbocycles. The summed E-state index contributed by atoms with van der Waals surface area (Å²) in [5.41, 5.74) is -0.0429. The van der Waals surface area contributed by atoms with Crippen LogP contribution < -0.4 is 21.5 Å². The highest BCUT2D eigenvalue weighted by Crippen LogP contribution is 2.27. The molecule has 14 heteroatoms. The molecular weight excluding hydrogens is 602 g/mol. The summed E-state index contributed by atoms with van der Waals surface area (Å²) >= 11 is 0. The monoisotopic (exact) mass is 630 g/mol. The number of carbonyl (C=O) groups excluding carboxylic acids is 1. The number of hydrogen-bond donors (Lipinski definition) is 2. The van der Waals surface area contributed by atoms with Crippen LogP contribution in [0.4, 0.5) is 14.5 Å². The highest BCUT2D eigenvalue weighted by atomic mass is 19.1. The zero-order valence-corrected chi connectivity index (χ0v) is 24.8. The summed E-state index contributed by atoms with van der Waals surface area (Å²) in [6, 6.07) is 6.77. The van der Waals surface area contributed by atoms with Gasteiger partial charge in [-0.25, -0.2) is 22.9 Å². The Morgan fingerprint density at radius 2 is 1.83 bits per heavy atom. The maximum atomic E-state index is 15.3. The Hall–Kier alpha value is -5.50. The summed E-state index contributed by atoms with van der Waals surface area (Å²) in [6.07, 6.45) is 3.38. The second-order valence-corrected chi connectivity index (χ2v) is 11.0. The van der Waals surface area contributed by atoms with Crippen LogP contribution in [-0.2, 0) is 23.0 Å². The molecule has 12 nitrogen and oxygen atoms in total. The van der Waals surface area contributed by atoms with Crippen LogP contribution >= 0.6 is 0 Å². The van der Waals surface area contributed by atoms with Gasteiger partial charge in [0.15, 0.2) is 0 Å². The number of halogens is 2. The zero-order valence-electron chi connectivity index (χ0n) is 24.8. The van der Waals surface area contributed by atoms with Crippen LogP contribution in [0.15, 0.2) is 64.6 Å². The van der Waals surface area contributed by atoms with Crippen LogP contribution in [0.3, 0.4) is 0 Å². The molecule has 4 heterocycles. The minimum atomic E-state index is -1.55. The van der Waals surface area contributed by atoms with Gasteiger partial charge in [-0.1, -0.05) is 6.07 Å². The van der Waals surface area contributed by atoms with Gasteiger partial charge in [-0.2, -0.15) is 0 Å². The van der Waals surface area contributed by atoms with Crippen LogP contribution in [0.25, 0.3) is 27.5 Å². The Balaban J connectivity index is 1.36. The molecule has 5 aromatic rings. The molecule has 0 saturated carbocycles. The minimum Gasteiger partial charge on any atom is -0.480 e. The largest absolute Gasteiger partial charge is 0.480 e.